The lowest BCUT2D eigenvalue weighted by Gasteiger charge is -2.12. The van der Waals surface area contributed by atoms with Crippen molar-refractivity contribution < 1.29 is 9.47 Å². The Kier molecular flexibility index (Phi) is 2.64. The number of benzene rings is 1. The highest BCUT2D eigenvalue weighted by Gasteiger charge is 2.36. The van der Waals surface area contributed by atoms with E-state index in [-0.39, 0.29) is 6.08 Å². The molecule has 1 aromatic carbocycles. The number of rotatable bonds is 1. The molecule has 0 radical (unpaired) electrons. The molecule has 2 rings (SSSR count). The van der Waals surface area contributed by atoms with Crippen LogP contribution in [0.15, 0.2) is 41.6 Å². The smallest absolute Gasteiger partial charge is 0.395 e. The summed E-state index contributed by atoms with van der Waals surface area (Å²) in [5.41, 5.74) is 0.158. The second kappa shape index (κ2) is 3.83. The van der Waals surface area contributed by atoms with Gasteiger partial charge >= 0.3 is 6.08 Å². The predicted molar refractivity (Wildman–Crippen MR) is 63.9 cm³/mol. The number of ether oxygens (including phenoxy) is 2. The summed E-state index contributed by atoms with van der Waals surface area (Å²) in [7, 11) is 0. The largest absolute Gasteiger partial charge is 0.436 e. The standard InChI is InChI=1S/C12H12ClNO2/c1-8-12(2,3)16-11(15-8)14-10-6-4-5-9(13)7-10/h4-7H,1H2,2-3H3. The average molecular weight is 238 g/mol. The molecule has 0 unspecified atom stereocenters. The van der Waals surface area contributed by atoms with Crippen molar-refractivity contribution in [3.05, 3.63) is 41.6 Å². The van der Waals surface area contributed by atoms with E-state index in [1.54, 1.807) is 12.1 Å². The Morgan fingerprint density at radius 1 is 1.38 bits per heavy atom. The normalized spacial score (nSPS) is 20.7. The Labute approximate surface area is 99.4 Å². The van der Waals surface area contributed by atoms with Gasteiger partial charge in [0.15, 0.2) is 5.60 Å². The zero-order chi connectivity index (χ0) is 11.8. The first kappa shape index (κ1) is 11.0. The molecule has 1 aliphatic rings. The molecule has 0 saturated carbocycles. The summed E-state index contributed by atoms with van der Waals surface area (Å²) < 4.78 is 10.8. The molecule has 0 atom stereocenters. The third-order valence-electron chi connectivity index (χ3n) is 2.25. The minimum absolute atomic E-state index is 0.206. The maximum absolute atomic E-state index is 5.85. The highest BCUT2D eigenvalue weighted by molar-refractivity contribution is 6.30. The second-order valence-electron chi connectivity index (χ2n) is 4.00. The summed E-state index contributed by atoms with van der Waals surface area (Å²) >= 11 is 5.85. The SMILES string of the molecule is C=C1OC(=Nc2cccc(Cl)c2)OC1(C)C. The van der Waals surface area contributed by atoms with Gasteiger partial charge in [-0.2, -0.15) is 4.99 Å². The Morgan fingerprint density at radius 3 is 2.69 bits per heavy atom. The van der Waals surface area contributed by atoms with Gasteiger partial charge in [-0.1, -0.05) is 24.2 Å². The van der Waals surface area contributed by atoms with Gasteiger partial charge < -0.3 is 9.47 Å². The van der Waals surface area contributed by atoms with Gasteiger partial charge in [0.25, 0.3) is 0 Å². The van der Waals surface area contributed by atoms with Crippen molar-refractivity contribution in [1.82, 2.24) is 0 Å². The van der Waals surface area contributed by atoms with E-state index in [1.165, 1.54) is 0 Å². The number of halogens is 1. The van der Waals surface area contributed by atoms with Gasteiger partial charge in [-0.3, -0.25) is 0 Å². The summed E-state index contributed by atoms with van der Waals surface area (Å²) in [5.74, 6) is 0.549. The zero-order valence-corrected chi connectivity index (χ0v) is 9.91. The van der Waals surface area contributed by atoms with Crippen LogP contribution in [0.4, 0.5) is 5.69 Å². The molecule has 0 bridgehead atoms. The molecule has 16 heavy (non-hydrogen) atoms. The summed E-state index contributed by atoms with van der Waals surface area (Å²) in [6.45, 7) is 7.50. The number of aliphatic imine (C=N–C) groups is 1. The summed E-state index contributed by atoms with van der Waals surface area (Å²) in [6, 6.07) is 7.15. The molecule has 0 aromatic heterocycles. The van der Waals surface area contributed by atoms with Crippen LogP contribution in [0.25, 0.3) is 0 Å². The van der Waals surface area contributed by atoms with Gasteiger partial charge in [0, 0.05) is 5.02 Å². The number of hydrogen-bond acceptors (Lipinski definition) is 3. The van der Waals surface area contributed by atoms with E-state index in [2.05, 4.69) is 11.6 Å². The van der Waals surface area contributed by atoms with Crippen LogP contribution in [0.1, 0.15) is 13.8 Å². The van der Waals surface area contributed by atoms with Gasteiger partial charge in [-0.05, 0) is 32.0 Å². The first-order valence-electron chi connectivity index (χ1n) is 4.88. The van der Waals surface area contributed by atoms with Gasteiger partial charge in [-0.15, -0.1) is 0 Å². The van der Waals surface area contributed by atoms with Gasteiger partial charge in [0.05, 0.1) is 5.69 Å². The van der Waals surface area contributed by atoms with Crippen LogP contribution < -0.4 is 0 Å². The van der Waals surface area contributed by atoms with Gasteiger partial charge in [0.2, 0.25) is 0 Å². The molecule has 3 nitrogen and oxygen atoms in total. The Morgan fingerprint density at radius 2 is 2.12 bits per heavy atom. The van der Waals surface area contributed by atoms with Gasteiger partial charge in [-0.25, -0.2) is 0 Å². The molecule has 0 aliphatic carbocycles. The molecule has 0 amide bonds. The first-order valence-corrected chi connectivity index (χ1v) is 5.26. The number of hydrogen-bond donors (Lipinski definition) is 0. The van der Waals surface area contributed by atoms with Crippen molar-refractivity contribution in [2.75, 3.05) is 0 Å². The molecular weight excluding hydrogens is 226 g/mol. The lowest BCUT2D eigenvalue weighted by molar-refractivity contribution is 0.159. The van der Waals surface area contributed by atoms with Crippen molar-refractivity contribution in [2.45, 2.75) is 19.4 Å². The van der Waals surface area contributed by atoms with E-state index in [1.807, 2.05) is 26.0 Å². The predicted octanol–water partition coefficient (Wildman–Crippen LogP) is 3.67. The van der Waals surface area contributed by atoms with Gasteiger partial charge in [0.1, 0.15) is 5.76 Å². The fraction of sp³-hybridized carbons (Fsp3) is 0.250. The molecule has 1 aromatic rings. The second-order valence-corrected chi connectivity index (χ2v) is 4.43. The van der Waals surface area contributed by atoms with E-state index in [4.69, 9.17) is 21.1 Å². The van der Waals surface area contributed by atoms with Crippen LogP contribution in [0.5, 0.6) is 0 Å². The van der Waals surface area contributed by atoms with Crippen LogP contribution in [-0.2, 0) is 9.47 Å². The Bertz CT molecular complexity index is 466. The van der Waals surface area contributed by atoms with Crippen molar-refractivity contribution in [3.8, 4) is 0 Å². The minimum Gasteiger partial charge on any atom is -0.436 e. The highest BCUT2D eigenvalue weighted by atomic mass is 35.5. The Balaban J connectivity index is 2.24. The summed E-state index contributed by atoms with van der Waals surface area (Å²) in [6.07, 6.45) is 0.206. The van der Waals surface area contributed by atoms with E-state index < -0.39 is 5.60 Å². The maximum atomic E-state index is 5.85. The highest BCUT2D eigenvalue weighted by Crippen LogP contribution is 2.30. The fourth-order valence-electron chi connectivity index (χ4n) is 1.22. The van der Waals surface area contributed by atoms with Crippen molar-refractivity contribution in [3.63, 3.8) is 0 Å². The quantitative estimate of drug-likeness (QED) is 0.746. The molecule has 4 heteroatoms. The van der Waals surface area contributed by atoms with Crippen LogP contribution >= 0.6 is 11.6 Å². The molecule has 0 spiro atoms. The van der Waals surface area contributed by atoms with Crippen molar-refractivity contribution >= 4 is 23.4 Å². The molecule has 1 heterocycles. The zero-order valence-electron chi connectivity index (χ0n) is 9.16. The number of nitrogens with zero attached hydrogens (tertiary/aromatic N) is 1. The average Bonchev–Trinajstić information content (AvgIpc) is 2.40. The van der Waals surface area contributed by atoms with E-state index in [0.29, 0.717) is 16.5 Å². The van der Waals surface area contributed by atoms with Crippen molar-refractivity contribution in [2.24, 2.45) is 4.99 Å². The molecule has 0 N–H and O–H groups in total. The van der Waals surface area contributed by atoms with E-state index in [0.717, 1.165) is 0 Å². The summed E-state index contributed by atoms with van der Waals surface area (Å²) in [4.78, 5) is 4.19. The maximum Gasteiger partial charge on any atom is 0.395 e. The van der Waals surface area contributed by atoms with E-state index in [9.17, 15) is 0 Å². The third kappa shape index (κ3) is 2.19. The minimum atomic E-state index is -0.530. The van der Waals surface area contributed by atoms with Crippen LogP contribution in [-0.4, -0.2) is 11.7 Å². The first-order chi connectivity index (χ1) is 7.47. The van der Waals surface area contributed by atoms with Crippen LogP contribution in [0, 0.1) is 0 Å². The van der Waals surface area contributed by atoms with Crippen LogP contribution in [0.3, 0.4) is 0 Å². The fourth-order valence-corrected chi connectivity index (χ4v) is 1.41. The molecule has 1 fully saturated rings. The van der Waals surface area contributed by atoms with E-state index >= 15 is 0 Å². The topological polar surface area (TPSA) is 30.8 Å². The third-order valence-corrected chi connectivity index (χ3v) is 2.49. The molecule has 1 aliphatic heterocycles. The lowest BCUT2D eigenvalue weighted by atomic mass is 10.1. The monoisotopic (exact) mass is 237 g/mol. The molecular formula is C12H12ClNO2. The molecule has 1 saturated heterocycles. The molecule has 84 valence electrons. The Hall–Kier alpha value is -1.48. The van der Waals surface area contributed by atoms with Crippen molar-refractivity contribution in [1.29, 1.82) is 0 Å². The summed E-state index contributed by atoms with van der Waals surface area (Å²) in [5, 5.41) is 0.623. The van der Waals surface area contributed by atoms with Crippen LogP contribution in [0.2, 0.25) is 5.02 Å². The lowest BCUT2D eigenvalue weighted by Crippen LogP contribution is -2.19.